The minimum absolute atomic E-state index is 0.0420. The van der Waals surface area contributed by atoms with Gasteiger partial charge in [-0.15, -0.1) is 0 Å². The maximum Gasteiger partial charge on any atom is 0.0719 e. The van der Waals surface area contributed by atoms with Gasteiger partial charge in [0.2, 0.25) is 0 Å². The first-order chi connectivity index (χ1) is 31.0. The maximum absolute atomic E-state index is 5.98. The van der Waals surface area contributed by atoms with Crippen molar-refractivity contribution < 1.29 is 28.4 Å². The van der Waals surface area contributed by atoms with Crippen LogP contribution in [0, 0.1) is 41.5 Å². The van der Waals surface area contributed by atoms with E-state index in [4.69, 9.17) is 28.4 Å². The van der Waals surface area contributed by atoms with Crippen molar-refractivity contribution in [1.29, 1.82) is 0 Å². The quantitative estimate of drug-likeness (QED) is 0.0966. The number of hydrogen-bond donors (Lipinski definition) is 0. The molecule has 64 heavy (non-hydrogen) atoms. The molecule has 0 aromatic heterocycles. The van der Waals surface area contributed by atoms with Crippen LogP contribution in [0.1, 0.15) is 123 Å². The molecule has 0 radical (unpaired) electrons. The van der Waals surface area contributed by atoms with E-state index in [1.807, 2.05) is 0 Å². The van der Waals surface area contributed by atoms with Crippen molar-refractivity contribution >= 4 is 21.9 Å². The maximum atomic E-state index is 5.98. The SMILES string of the molecule is COCc1cc(C)c(C2=CC(c3c(C)cc(COC)cc3COC)c3ccc4c5c(ccc2c35)C(c2c(C)cc(C)cc2COC)C=C4c2c(C)cc(C)cc2COC)c(COC)c1. The zero-order chi connectivity index (χ0) is 45.4. The summed E-state index contributed by atoms with van der Waals surface area (Å²) in [6, 6.07) is 28.0. The largest absolute Gasteiger partial charge is 0.380 e. The van der Waals surface area contributed by atoms with E-state index in [9.17, 15) is 0 Å². The van der Waals surface area contributed by atoms with E-state index in [2.05, 4.69) is 126 Å². The van der Waals surface area contributed by atoms with Crippen molar-refractivity contribution in [2.75, 3.05) is 42.7 Å². The summed E-state index contributed by atoms with van der Waals surface area (Å²) in [5.74, 6) is -0.121. The van der Waals surface area contributed by atoms with Gasteiger partial charge in [-0.05, 0) is 164 Å². The normalized spacial score (nSPS) is 15.5. The van der Waals surface area contributed by atoms with Gasteiger partial charge in [0.05, 0.1) is 39.6 Å². The second-order valence-electron chi connectivity index (χ2n) is 18.1. The van der Waals surface area contributed by atoms with Gasteiger partial charge in [0.1, 0.15) is 0 Å². The van der Waals surface area contributed by atoms with Crippen molar-refractivity contribution in [3.05, 3.63) is 196 Å². The fraction of sp³-hybridized carbons (Fsp3) is 0.345. The number of hydrogen-bond acceptors (Lipinski definition) is 6. The molecular weight excluding hydrogens is 793 g/mol. The molecule has 6 heteroatoms. The molecule has 2 unspecified atom stereocenters. The van der Waals surface area contributed by atoms with Crippen molar-refractivity contribution in [3.63, 3.8) is 0 Å². The molecule has 0 aliphatic heterocycles. The van der Waals surface area contributed by atoms with E-state index in [1.54, 1.807) is 42.7 Å². The number of ether oxygens (including phenoxy) is 6. The Morgan fingerprint density at radius 1 is 0.375 bits per heavy atom. The Bertz CT molecular complexity index is 2820. The molecule has 0 saturated heterocycles. The van der Waals surface area contributed by atoms with Crippen LogP contribution < -0.4 is 0 Å². The standard InChI is InChI=1S/C58H64O6/c1-33-17-35(3)53(41(19-33)29-61-9)49-25-50(54-36(4)18-34(2)20-42(54)30-62-10)46-14-16-48-52(56-38(6)22-40(28-60-8)24-44(56)32-64-12)26-51(47-15-13-45(49)57(46)58(47)48)55-37(5)21-39(27-59-7)23-43(55)31-63-11/h13-26,49,52H,27-32H2,1-12H3. The molecule has 2 aliphatic carbocycles. The van der Waals surface area contributed by atoms with Gasteiger partial charge in [-0.1, -0.05) is 96.1 Å². The first kappa shape index (κ1) is 45.4. The van der Waals surface area contributed by atoms with Crippen LogP contribution in [-0.2, 0) is 68.1 Å². The molecular formula is C58H64O6. The minimum atomic E-state index is -0.0786. The third-order valence-electron chi connectivity index (χ3n) is 13.3. The average molecular weight is 857 g/mol. The molecule has 6 nitrogen and oxygen atoms in total. The van der Waals surface area contributed by atoms with Crippen LogP contribution in [-0.4, -0.2) is 42.7 Å². The predicted molar refractivity (Wildman–Crippen MR) is 260 cm³/mol. The molecule has 2 atom stereocenters. The van der Waals surface area contributed by atoms with Crippen LogP contribution in [0.15, 0.2) is 84.9 Å². The monoisotopic (exact) mass is 856 g/mol. The summed E-state index contributed by atoms with van der Waals surface area (Å²) in [4.78, 5) is 0. The summed E-state index contributed by atoms with van der Waals surface area (Å²) in [6.45, 7) is 16.4. The Morgan fingerprint density at radius 2 is 0.734 bits per heavy atom. The van der Waals surface area contributed by atoms with Gasteiger partial charge in [0, 0.05) is 54.5 Å². The van der Waals surface area contributed by atoms with E-state index >= 15 is 0 Å². The van der Waals surface area contributed by atoms with Crippen LogP contribution in [0.5, 0.6) is 0 Å². The summed E-state index contributed by atoms with van der Waals surface area (Å²) in [5, 5.41) is 2.58. The van der Waals surface area contributed by atoms with Crippen LogP contribution in [0.3, 0.4) is 0 Å². The van der Waals surface area contributed by atoms with E-state index in [0.717, 1.165) is 16.7 Å². The molecule has 0 spiro atoms. The Balaban J connectivity index is 1.54. The molecule has 0 fully saturated rings. The molecule has 332 valence electrons. The Morgan fingerprint density at radius 3 is 1.22 bits per heavy atom. The molecule has 2 aliphatic rings. The summed E-state index contributed by atoms with van der Waals surface area (Å²) in [7, 11) is 10.7. The number of aryl methyl sites for hydroxylation is 6. The molecule has 6 aromatic rings. The van der Waals surface area contributed by atoms with Gasteiger partial charge < -0.3 is 28.4 Å². The summed E-state index contributed by atoms with van der Waals surface area (Å²) < 4.78 is 35.2. The topological polar surface area (TPSA) is 55.4 Å². The third-order valence-corrected chi connectivity index (χ3v) is 13.3. The van der Waals surface area contributed by atoms with Gasteiger partial charge >= 0.3 is 0 Å². The second-order valence-corrected chi connectivity index (χ2v) is 18.1. The molecule has 0 N–H and O–H groups in total. The first-order valence-electron chi connectivity index (χ1n) is 22.4. The zero-order valence-electron chi connectivity index (χ0n) is 39.9. The van der Waals surface area contributed by atoms with Crippen molar-refractivity contribution in [2.24, 2.45) is 0 Å². The zero-order valence-corrected chi connectivity index (χ0v) is 39.9. The van der Waals surface area contributed by atoms with Crippen molar-refractivity contribution in [2.45, 2.75) is 93.0 Å². The molecule has 0 bridgehead atoms. The highest BCUT2D eigenvalue weighted by molar-refractivity contribution is 6.11. The summed E-state index contributed by atoms with van der Waals surface area (Å²) in [5.41, 5.74) is 26.9. The fourth-order valence-electron chi connectivity index (χ4n) is 11.4. The highest BCUT2D eigenvalue weighted by atomic mass is 16.5. The van der Waals surface area contributed by atoms with Gasteiger partial charge in [0.25, 0.3) is 0 Å². The van der Waals surface area contributed by atoms with Gasteiger partial charge in [0.15, 0.2) is 0 Å². The van der Waals surface area contributed by atoms with E-state index in [1.165, 1.54) is 116 Å². The molecule has 0 saturated carbocycles. The Labute approximate surface area is 380 Å². The molecule has 0 amide bonds. The van der Waals surface area contributed by atoms with Gasteiger partial charge in [-0.25, -0.2) is 0 Å². The predicted octanol–water partition coefficient (Wildman–Crippen LogP) is 12.7. The van der Waals surface area contributed by atoms with Crippen molar-refractivity contribution in [1.82, 2.24) is 0 Å². The van der Waals surface area contributed by atoms with E-state index in [-0.39, 0.29) is 11.8 Å². The van der Waals surface area contributed by atoms with Gasteiger partial charge in [-0.3, -0.25) is 0 Å². The number of rotatable bonds is 16. The summed E-state index contributed by atoms with van der Waals surface area (Å²) in [6.07, 6.45) is 5.06. The van der Waals surface area contributed by atoms with Crippen LogP contribution in [0.2, 0.25) is 0 Å². The van der Waals surface area contributed by atoms with Crippen molar-refractivity contribution in [3.8, 4) is 0 Å². The summed E-state index contributed by atoms with van der Waals surface area (Å²) >= 11 is 0. The lowest BCUT2D eigenvalue weighted by Gasteiger charge is -2.35. The lowest BCUT2D eigenvalue weighted by atomic mass is 9.68. The fourth-order valence-corrected chi connectivity index (χ4v) is 11.4. The minimum Gasteiger partial charge on any atom is -0.380 e. The highest BCUT2D eigenvalue weighted by Crippen LogP contribution is 2.54. The molecule has 6 aromatic carbocycles. The third kappa shape index (κ3) is 8.21. The van der Waals surface area contributed by atoms with E-state index < -0.39 is 0 Å². The number of benzene rings is 6. The van der Waals surface area contributed by atoms with Crippen LogP contribution in [0.4, 0.5) is 0 Å². The number of allylic oxidation sites excluding steroid dienone is 2. The lowest BCUT2D eigenvalue weighted by molar-refractivity contribution is 0.179. The van der Waals surface area contributed by atoms with E-state index in [0.29, 0.717) is 39.6 Å². The highest BCUT2D eigenvalue weighted by Gasteiger charge is 2.35. The second kappa shape index (κ2) is 19.1. The molecule has 8 rings (SSSR count). The van der Waals surface area contributed by atoms with Gasteiger partial charge in [-0.2, -0.15) is 0 Å². The number of methoxy groups -OCH3 is 6. The lowest BCUT2D eigenvalue weighted by Crippen LogP contribution is -2.17. The van der Waals surface area contributed by atoms with Crippen LogP contribution in [0.25, 0.3) is 21.9 Å². The first-order valence-corrected chi connectivity index (χ1v) is 22.4. The molecule has 0 heterocycles. The Kier molecular flexibility index (Phi) is 13.6. The van der Waals surface area contributed by atoms with Crippen LogP contribution >= 0.6 is 0 Å². The smallest absolute Gasteiger partial charge is 0.0719 e. The average Bonchev–Trinajstić information content (AvgIpc) is 3.24. The Hall–Kier alpha value is -5.18.